The van der Waals surface area contributed by atoms with Crippen LogP contribution in [0, 0.1) is 0 Å². The Hall–Kier alpha value is -1.59. The smallest absolute Gasteiger partial charge is 0.127 e. The van der Waals surface area contributed by atoms with Gasteiger partial charge < -0.3 is 15.0 Å². The second-order valence-electron chi connectivity index (χ2n) is 5.51. The number of imidazole rings is 1. The van der Waals surface area contributed by atoms with Gasteiger partial charge in [-0.3, -0.25) is 4.90 Å². The zero-order valence-corrected chi connectivity index (χ0v) is 13.5. The summed E-state index contributed by atoms with van der Waals surface area (Å²) in [5, 5.41) is 0. The molecule has 2 aromatic rings. The van der Waals surface area contributed by atoms with E-state index < -0.39 is 0 Å². The lowest BCUT2D eigenvalue weighted by Crippen LogP contribution is -2.23. The topological polar surface area (TPSA) is 56.3 Å². The van der Waals surface area contributed by atoms with E-state index in [9.17, 15) is 0 Å². The van der Waals surface area contributed by atoms with Crippen molar-refractivity contribution in [3.8, 4) is 5.75 Å². The summed E-state index contributed by atoms with van der Waals surface area (Å²) >= 11 is 0. The molecule has 116 valence electrons. The highest BCUT2D eigenvalue weighted by atomic mass is 16.5. The molecule has 2 rings (SSSR count). The number of nitrogens with zero attached hydrogens (tertiary/aromatic N) is 3. The third-order valence-corrected chi connectivity index (χ3v) is 3.88. The maximum Gasteiger partial charge on any atom is 0.127 e. The standard InChI is InChI=1S/C16H26N4O/c1-5-14(19(2)3)16-18-13-11-12(21-4)7-8-15(13)20(16)10-6-9-17/h7-8,11,14H,5-6,9-10,17H2,1-4H3. The van der Waals surface area contributed by atoms with Crippen molar-refractivity contribution in [1.82, 2.24) is 14.5 Å². The number of aryl methyl sites for hydroxylation is 1. The minimum absolute atomic E-state index is 0.307. The zero-order chi connectivity index (χ0) is 15.4. The molecule has 21 heavy (non-hydrogen) atoms. The van der Waals surface area contributed by atoms with E-state index in [0.717, 1.165) is 42.0 Å². The molecule has 0 aliphatic rings. The van der Waals surface area contributed by atoms with Crippen LogP contribution < -0.4 is 10.5 Å². The Balaban J connectivity index is 2.55. The number of hydrogen-bond donors (Lipinski definition) is 1. The quantitative estimate of drug-likeness (QED) is 0.851. The SMILES string of the molecule is CCC(c1nc2cc(OC)ccc2n1CCCN)N(C)C. The van der Waals surface area contributed by atoms with Crippen molar-refractivity contribution in [2.45, 2.75) is 32.4 Å². The zero-order valence-electron chi connectivity index (χ0n) is 13.5. The maximum atomic E-state index is 5.69. The van der Waals surface area contributed by atoms with Gasteiger partial charge in [-0.15, -0.1) is 0 Å². The Labute approximate surface area is 126 Å². The lowest BCUT2D eigenvalue weighted by Gasteiger charge is -2.23. The van der Waals surface area contributed by atoms with E-state index in [2.05, 4.69) is 36.6 Å². The summed E-state index contributed by atoms with van der Waals surface area (Å²) in [5.41, 5.74) is 7.83. The molecular formula is C16H26N4O. The first-order chi connectivity index (χ1) is 10.1. The highest BCUT2D eigenvalue weighted by Gasteiger charge is 2.20. The van der Waals surface area contributed by atoms with E-state index in [0.29, 0.717) is 12.6 Å². The molecule has 2 N–H and O–H groups in total. The number of aromatic nitrogens is 2. The molecule has 1 atom stereocenters. The van der Waals surface area contributed by atoms with Crippen LogP contribution in [-0.2, 0) is 6.54 Å². The van der Waals surface area contributed by atoms with Crippen LogP contribution in [0.15, 0.2) is 18.2 Å². The van der Waals surface area contributed by atoms with Crippen molar-refractivity contribution in [2.24, 2.45) is 5.73 Å². The fraction of sp³-hybridized carbons (Fsp3) is 0.562. The largest absolute Gasteiger partial charge is 0.497 e. The summed E-state index contributed by atoms with van der Waals surface area (Å²) in [6.45, 7) is 3.78. The monoisotopic (exact) mass is 290 g/mol. The number of nitrogens with two attached hydrogens (primary N) is 1. The van der Waals surface area contributed by atoms with Crippen molar-refractivity contribution in [3.05, 3.63) is 24.0 Å². The summed E-state index contributed by atoms with van der Waals surface area (Å²) in [5.74, 6) is 1.95. The lowest BCUT2D eigenvalue weighted by atomic mass is 10.2. The predicted molar refractivity (Wildman–Crippen MR) is 86.7 cm³/mol. The predicted octanol–water partition coefficient (Wildman–Crippen LogP) is 2.41. The van der Waals surface area contributed by atoms with Crippen LogP contribution in [-0.4, -0.2) is 42.2 Å². The summed E-state index contributed by atoms with van der Waals surface area (Å²) < 4.78 is 7.61. The molecule has 0 aliphatic carbocycles. The first-order valence-electron chi connectivity index (χ1n) is 7.53. The molecule has 0 radical (unpaired) electrons. The molecule has 0 aliphatic heterocycles. The molecule has 0 saturated heterocycles. The van der Waals surface area contributed by atoms with E-state index in [1.807, 2.05) is 12.1 Å². The van der Waals surface area contributed by atoms with Gasteiger partial charge in [-0.25, -0.2) is 4.98 Å². The van der Waals surface area contributed by atoms with Crippen LogP contribution in [0.5, 0.6) is 5.75 Å². The first kappa shape index (κ1) is 15.8. The summed E-state index contributed by atoms with van der Waals surface area (Å²) in [4.78, 5) is 7.09. The summed E-state index contributed by atoms with van der Waals surface area (Å²) in [7, 11) is 5.88. The Morgan fingerprint density at radius 3 is 2.71 bits per heavy atom. The van der Waals surface area contributed by atoms with Gasteiger partial charge in [0, 0.05) is 12.6 Å². The third kappa shape index (κ3) is 3.19. The van der Waals surface area contributed by atoms with Crippen molar-refractivity contribution in [3.63, 3.8) is 0 Å². The van der Waals surface area contributed by atoms with Gasteiger partial charge in [-0.1, -0.05) is 6.92 Å². The molecule has 0 bridgehead atoms. The minimum Gasteiger partial charge on any atom is -0.497 e. The Kier molecular flexibility index (Phi) is 5.20. The van der Waals surface area contributed by atoms with Gasteiger partial charge in [0.25, 0.3) is 0 Å². The van der Waals surface area contributed by atoms with Gasteiger partial charge in [0.2, 0.25) is 0 Å². The van der Waals surface area contributed by atoms with E-state index in [1.165, 1.54) is 0 Å². The van der Waals surface area contributed by atoms with Gasteiger partial charge in [-0.2, -0.15) is 0 Å². The van der Waals surface area contributed by atoms with Crippen LogP contribution in [0.2, 0.25) is 0 Å². The maximum absolute atomic E-state index is 5.69. The molecule has 5 heteroatoms. The molecule has 1 aromatic carbocycles. The van der Waals surface area contributed by atoms with Crippen LogP contribution >= 0.6 is 0 Å². The van der Waals surface area contributed by atoms with Gasteiger partial charge in [0.1, 0.15) is 11.6 Å². The molecular weight excluding hydrogens is 264 g/mol. The highest BCUT2D eigenvalue weighted by Crippen LogP contribution is 2.28. The van der Waals surface area contributed by atoms with E-state index >= 15 is 0 Å². The molecule has 1 unspecified atom stereocenters. The Morgan fingerprint density at radius 1 is 1.38 bits per heavy atom. The average molecular weight is 290 g/mol. The van der Waals surface area contributed by atoms with Crippen LogP contribution in [0.1, 0.15) is 31.6 Å². The van der Waals surface area contributed by atoms with Gasteiger partial charge in [0.15, 0.2) is 0 Å². The van der Waals surface area contributed by atoms with Gasteiger partial charge in [0.05, 0.1) is 24.2 Å². The number of fused-ring (bicyclic) bond motifs is 1. The molecule has 1 heterocycles. The third-order valence-electron chi connectivity index (χ3n) is 3.88. The van der Waals surface area contributed by atoms with Gasteiger partial charge >= 0.3 is 0 Å². The van der Waals surface area contributed by atoms with Crippen molar-refractivity contribution < 1.29 is 4.74 Å². The second kappa shape index (κ2) is 6.91. The van der Waals surface area contributed by atoms with E-state index in [-0.39, 0.29) is 0 Å². The second-order valence-corrected chi connectivity index (χ2v) is 5.51. The van der Waals surface area contributed by atoms with Crippen LogP contribution in [0.25, 0.3) is 11.0 Å². The van der Waals surface area contributed by atoms with E-state index in [4.69, 9.17) is 15.5 Å². The number of benzene rings is 1. The first-order valence-corrected chi connectivity index (χ1v) is 7.53. The Morgan fingerprint density at radius 2 is 2.14 bits per heavy atom. The number of hydrogen-bond acceptors (Lipinski definition) is 4. The van der Waals surface area contributed by atoms with Gasteiger partial charge in [-0.05, 0) is 45.6 Å². The van der Waals surface area contributed by atoms with Crippen molar-refractivity contribution in [2.75, 3.05) is 27.7 Å². The van der Waals surface area contributed by atoms with Crippen molar-refractivity contribution >= 4 is 11.0 Å². The number of methoxy groups -OCH3 is 1. The summed E-state index contributed by atoms with van der Waals surface area (Å²) in [6.07, 6.45) is 1.98. The van der Waals surface area contributed by atoms with Crippen LogP contribution in [0.4, 0.5) is 0 Å². The Bertz CT molecular complexity index is 591. The number of ether oxygens (including phenoxy) is 1. The lowest BCUT2D eigenvalue weighted by molar-refractivity contribution is 0.273. The molecule has 0 amide bonds. The number of rotatable bonds is 7. The normalized spacial score (nSPS) is 13.0. The van der Waals surface area contributed by atoms with Crippen molar-refractivity contribution in [1.29, 1.82) is 0 Å². The van der Waals surface area contributed by atoms with Crippen LogP contribution in [0.3, 0.4) is 0 Å². The molecule has 1 aromatic heterocycles. The highest BCUT2D eigenvalue weighted by molar-refractivity contribution is 5.78. The average Bonchev–Trinajstić information content (AvgIpc) is 2.82. The minimum atomic E-state index is 0.307. The summed E-state index contributed by atoms with van der Waals surface area (Å²) in [6, 6.07) is 6.38. The molecule has 0 spiro atoms. The molecule has 5 nitrogen and oxygen atoms in total. The molecule has 0 fully saturated rings. The van der Waals surface area contributed by atoms with E-state index in [1.54, 1.807) is 7.11 Å². The fourth-order valence-electron chi connectivity index (χ4n) is 2.77. The molecule has 0 saturated carbocycles. The fourth-order valence-corrected chi connectivity index (χ4v) is 2.77.